The molecule has 0 atom stereocenters. The summed E-state index contributed by atoms with van der Waals surface area (Å²) in [5.41, 5.74) is 7.61. The number of hydrogen-bond donors (Lipinski definition) is 2. The summed E-state index contributed by atoms with van der Waals surface area (Å²) < 4.78 is 0. The molecule has 132 valence electrons. The zero-order valence-corrected chi connectivity index (χ0v) is 15.5. The third-order valence-corrected chi connectivity index (χ3v) is 6.45. The molecular formula is C18H16N4O2S2. The maximum absolute atomic E-state index is 12.2. The number of primary amides is 1. The molecule has 1 aliphatic rings. The van der Waals surface area contributed by atoms with Gasteiger partial charge in [-0.1, -0.05) is 11.8 Å². The van der Waals surface area contributed by atoms with Gasteiger partial charge in [-0.05, 0) is 49.1 Å². The van der Waals surface area contributed by atoms with E-state index >= 15 is 0 Å². The molecule has 3 N–H and O–H groups in total. The van der Waals surface area contributed by atoms with E-state index in [1.165, 1.54) is 28.6 Å². The van der Waals surface area contributed by atoms with Gasteiger partial charge in [0.25, 0.3) is 0 Å². The first-order chi connectivity index (χ1) is 12.6. The smallest absolute Gasteiger partial charge is 0.248 e. The molecule has 0 aliphatic heterocycles. The van der Waals surface area contributed by atoms with E-state index in [1.807, 2.05) is 0 Å². The fourth-order valence-corrected chi connectivity index (χ4v) is 5.18. The molecule has 1 aliphatic carbocycles. The summed E-state index contributed by atoms with van der Waals surface area (Å²) >= 11 is 3.16. The van der Waals surface area contributed by atoms with Gasteiger partial charge in [-0.15, -0.1) is 11.3 Å². The van der Waals surface area contributed by atoms with E-state index < -0.39 is 5.91 Å². The van der Waals surface area contributed by atoms with E-state index in [-0.39, 0.29) is 11.7 Å². The van der Waals surface area contributed by atoms with E-state index in [2.05, 4.69) is 15.3 Å². The summed E-state index contributed by atoms with van der Waals surface area (Å²) in [6.45, 7) is 0. The summed E-state index contributed by atoms with van der Waals surface area (Å²) in [7, 11) is 0. The van der Waals surface area contributed by atoms with E-state index in [0.717, 1.165) is 28.1 Å². The van der Waals surface area contributed by atoms with Gasteiger partial charge in [-0.25, -0.2) is 9.97 Å². The Morgan fingerprint density at radius 2 is 2.00 bits per heavy atom. The molecule has 0 radical (unpaired) electrons. The van der Waals surface area contributed by atoms with Crippen LogP contribution < -0.4 is 11.1 Å². The van der Waals surface area contributed by atoms with Crippen LogP contribution >= 0.6 is 23.1 Å². The monoisotopic (exact) mass is 384 g/mol. The number of thioether (sulfide) groups is 1. The van der Waals surface area contributed by atoms with Crippen LogP contribution in [0, 0.1) is 0 Å². The van der Waals surface area contributed by atoms with E-state index in [9.17, 15) is 9.59 Å². The van der Waals surface area contributed by atoms with E-state index in [1.54, 1.807) is 41.9 Å². The van der Waals surface area contributed by atoms with Gasteiger partial charge in [0.05, 0.1) is 5.75 Å². The number of nitrogens with zero attached hydrogens (tertiary/aromatic N) is 2. The van der Waals surface area contributed by atoms with Crippen molar-refractivity contribution >= 4 is 50.8 Å². The maximum Gasteiger partial charge on any atom is 0.248 e. The van der Waals surface area contributed by atoms with Crippen LogP contribution in [-0.4, -0.2) is 27.5 Å². The second-order valence-electron chi connectivity index (χ2n) is 5.99. The summed E-state index contributed by atoms with van der Waals surface area (Å²) in [5.74, 6) is -0.358. The quantitative estimate of drug-likeness (QED) is 0.520. The van der Waals surface area contributed by atoms with E-state index in [4.69, 9.17) is 5.73 Å². The summed E-state index contributed by atoms with van der Waals surface area (Å²) in [6, 6.07) is 6.51. The molecule has 1 aromatic carbocycles. The van der Waals surface area contributed by atoms with Gasteiger partial charge in [0, 0.05) is 21.5 Å². The first-order valence-electron chi connectivity index (χ1n) is 8.19. The first-order valence-corrected chi connectivity index (χ1v) is 10.00. The molecule has 2 amide bonds. The lowest BCUT2D eigenvalue weighted by atomic mass is 10.2. The molecule has 26 heavy (non-hydrogen) atoms. The van der Waals surface area contributed by atoms with Crippen LogP contribution in [0.5, 0.6) is 0 Å². The van der Waals surface area contributed by atoms with Gasteiger partial charge >= 0.3 is 0 Å². The van der Waals surface area contributed by atoms with Crippen LogP contribution in [0.4, 0.5) is 5.69 Å². The molecule has 0 bridgehead atoms. The van der Waals surface area contributed by atoms with Gasteiger partial charge in [0.2, 0.25) is 11.8 Å². The number of benzene rings is 1. The molecule has 0 saturated carbocycles. The largest absolute Gasteiger partial charge is 0.366 e. The second-order valence-corrected chi connectivity index (χ2v) is 8.04. The number of amides is 2. The molecule has 8 heteroatoms. The topological polar surface area (TPSA) is 98.0 Å². The Kier molecular flexibility index (Phi) is 4.60. The predicted octanol–water partition coefficient (Wildman–Crippen LogP) is 3.01. The molecule has 6 nitrogen and oxygen atoms in total. The van der Waals surface area contributed by atoms with Gasteiger partial charge in [0.15, 0.2) is 0 Å². The van der Waals surface area contributed by atoms with Crippen molar-refractivity contribution in [3.05, 3.63) is 46.6 Å². The minimum absolute atomic E-state index is 0.125. The molecule has 0 saturated heterocycles. The Hall–Kier alpha value is -2.45. The van der Waals surface area contributed by atoms with Crippen molar-refractivity contribution in [3.8, 4) is 0 Å². The summed E-state index contributed by atoms with van der Waals surface area (Å²) in [4.78, 5) is 34.5. The number of nitrogens with two attached hydrogens (primary N) is 1. The number of aryl methyl sites for hydroxylation is 2. The zero-order chi connectivity index (χ0) is 18.1. The SMILES string of the molecule is NC(=O)c1ccc(NC(=O)CSc2ncnc3sc4c(c23)CCC4)cc1. The average Bonchev–Trinajstić information content (AvgIpc) is 3.21. The van der Waals surface area contributed by atoms with Crippen LogP contribution in [0.25, 0.3) is 10.2 Å². The fourth-order valence-electron chi connectivity index (χ4n) is 3.06. The molecule has 4 rings (SSSR count). The number of fused-ring (bicyclic) bond motifs is 3. The Morgan fingerprint density at radius 1 is 1.19 bits per heavy atom. The average molecular weight is 384 g/mol. The fraction of sp³-hybridized carbons (Fsp3) is 0.222. The van der Waals surface area contributed by atoms with Crippen LogP contribution in [0.2, 0.25) is 0 Å². The van der Waals surface area contributed by atoms with Crippen molar-refractivity contribution in [2.75, 3.05) is 11.1 Å². The normalized spacial score (nSPS) is 12.9. The standard InChI is InChI=1S/C18H16N4O2S2/c19-16(24)10-4-6-11(7-5-10)22-14(23)8-25-17-15-12-2-1-3-13(12)26-18(15)21-9-20-17/h4-7,9H,1-3,8H2,(H2,19,24)(H,22,23). The Morgan fingerprint density at radius 3 is 2.77 bits per heavy atom. The number of rotatable bonds is 5. The third kappa shape index (κ3) is 3.30. The molecule has 0 unspecified atom stereocenters. The van der Waals surface area contributed by atoms with Gasteiger partial charge in [-0.3, -0.25) is 9.59 Å². The van der Waals surface area contributed by atoms with Crippen LogP contribution in [0.15, 0.2) is 35.6 Å². The van der Waals surface area contributed by atoms with Crippen molar-refractivity contribution in [2.45, 2.75) is 24.3 Å². The highest BCUT2D eigenvalue weighted by Crippen LogP contribution is 2.39. The highest BCUT2D eigenvalue weighted by atomic mass is 32.2. The van der Waals surface area contributed by atoms with Crippen molar-refractivity contribution in [2.24, 2.45) is 5.73 Å². The lowest BCUT2D eigenvalue weighted by molar-refractivity contribution is -0.113. The van der Waals surface area contributed by atoms with Gasteiger partial charge < -0.3 is 11.1 Å². The van der Waals surface area contributed by atoms with Gasteiger partial charge in [-0.2, -0.15) is 0 Å². The lowest BCUT2D eigenvalue weighted by Gasteiger charge is -2.06. The Labute approximate surface area is 158 Å². The van der Waals surface area contributed by atoms with Crippen molar-refractivity contribution < 1.29 is 9.59 Å². The van der Waals surface area contributed by atoms with Crippen molar-refractivity contribution in [1.29, 1.82) is 0 Å². The van der Waals surface area contributed by atoms with Crippen molar-refractivity contribution in [3.63, 3.8) is 0 Å². The van der Waals surface area contributed by atoms with Crippen LogP contribution in [0.3, 0.4) is 0 Å². The van der Waals surface area contributed by atoms with Crippen LogP contribution in [0.1, 0.15) is 27.2 Å². The van der Waals surface area contributed by atoms with E-state index in [0.29, 0.717) is 11.3 Å². The minimum Gasteiger partial charge on any atom is -0.366 e. The minimum atomic E-state index is -0.491. The highest BCUT2D eigenvalue weighted by Gasteiger charge is 2.21. The number of thiophene rings is 1. The molecule has 3 aromatic rings. The Balaban J connectivity index is 1.45. The summed E-state index contributed by atoms with van der Waals surface area (Å²) in [5, 5.41) is 4.81. The molecule has 2 heterocycles. The number of hydrogen-bond acceptors (Lipinski definition) is 6. The highest BCUT2D eigenvalue weighted by molar-refractivity contribution is 8.00. The van der Waals surface area contributed by atoms with Crippen molar-refractivity contribution in [1.82, 2.24) is 9.97 Å². The van der Waals surface area contributed by atoms with Crippen LogP contribution in [-0.2, 0) is 17.6 Å². The first kappa shape index (κ1) is 17.0. The number of aromatic nitrogens is 2. The Bertz CT molecular complexity index is 998. The molecule has 2 aromatic heterocycles. The molecular weight excluding hydrogens is 368 g/mol. The lowest BCUT2D eigenvalue weighted by Crippen LogP contribution is -2.15. The summed E-state index contributed by atoms with van der Waals surface area (Å²) in [6.07, 6.45) is 4.92. The number of carbonyl (C=O) groups excluding carboxylic acids is 2. The second kappa shape index (κ2) is 7.05. The number of anilines is 1. The zero-order valence-electron chi connectivity index (χ0n) is 13.8. The third-order valence-electron chi connectivity index (χ3n) is 4.26. The number of carbonyl (C=O) groups is 2. The molecule has 0 spiro atoms. The number of nitrogens with one attached hydrogen (secondary N) is 1. The predicted molar refractivity (Wildman–Crippen MR) is 104 cm³/mol. The molecule has 0 fully saturated rings. The maximum atomic E-state index is 12.2. The van der Waals surface area contributed by atoms with Gasteiger partial charge in [0.1, 0.15) is 16.2 Å².